The van der Waals surface area contributed by atoms with E-state index in [-0.39, 0.29) is 12.3 Å². The highest BCUT2D eigenvalue weighted by atomic mass is 16.4. The molecule has 0 saturated carbocycles. The van der Waals surface area contributed by atoms with Gasteiger partial charge in [-0.15, -0.1) is 0 Å². The summed E-state index contributed by atoms with van der Waals surface area (Å²) in [7, 11) is 0. The zero-order valence-electron chi connectivity index (χ0n) is 19.7. The van der Waals surface area contributed by atoms with Crippen LogP contribution in [-0.4, -0.2) is 73.5 Å². The highest BCUT2D eigenvalue weighted by molar-refractivity contribution is 6.11. The highest BCUT2D eigenvalue weighted by Gasteiger charge is 2.60. The van der Waals surface area contributed by atoms with Crippen LogP contribution in [0.25, 0.3) is 10.9 Å². The van der Waals surface area contributed by atoms with Crippen molar-refractivity contribution >= 4 is 34.7 Å². The number of fused-ring (bicyclic) bond motifs is 5. The Bertz CT molecular complexity index is 1170. The standard InChI is InChI=1S/C24H30N4O6/c1-12(2)11-17(20(30)26-18(13(3)29)21(31)32)28-22(33)24(4)19-15(9-10-27(24)23(28)34)14-7-5-6-8-16(14)25-19/h5-8,12-13,17-18,25,29H,9-11H2,1-4H3,(H,26,30)(H,31,32)/t13-,17-,18+,24-/m0/s1. The molecule has 0 aliphatic carbocycles. The first-order chi connectivity index (χ1) is 16.0. The van der Waals surface area contributed by atoms with Crippen LogP contribution in [0, 0.1) is 5.92 Å². The number of benzene rings is 1. The first-order valence-corrected chi connectivity index (χ1v) is 11.4. The fourth-order valence-corrected chi connectivity index (χ4v) is 5.11. The van der Waals surface area contributed by atoms with Gasteiger partial charge in [0.05, 0.1) is 11.8 Å². The van der Waals surface area contributed by atoms with E-state index in [0.29, 0.717) is 18.7 Å². The van der Waals surface area contributed by atoms with Gasteiger partial charge in [-0.1, -0.05) is 32.0 Å². The molecule has 0 radical (unpaired) electrons. The van der Waals surface area contributed by atoms with Crippen LogP contribution in [-0.2, 0) is 26.3 Å². The number of aliphatic hydroxyl groups excluding tert-OH is 1. The van der Waals surface area contributed by atoms with Gasteiger partial charge < -0.3 is 25.4 Å². The third-order valence-corrected chi connectivity index (χ3v) is 6.85. The molecule has 2 aliphatic rings. The predicted molar refractivity (Wildman–Crippen MR) is 123 cm³/mol. The zero-order valence-corrected chi connectivity index (χ0v) is 19.7. The van der Waals surface area contributed by atoms with E-state index in [4.69, 9.17) is 0 Å². The SMILES string of the molecule is CC(C)C[C@@H](C(=O)N[C@@H](C(=O)O)[C@H](C)O)N1C(=O)N2CCc3c([nH]c4ccccc34)[C@@]2(C)C1=O. The van der Waals surface area contributed by atoms with Crippen LogP contribution < -0.4 is 5.32 Å². The quantitative estimate of drug-likeness (QED) is 0.453. The van der Waals surface area contributed by atoms with Gasteiger partial charge in [-0.25, -0.2) is 14.5 Å². The molecule has 4 amide bonds. The molecule has 1 fully saturated rings. The van der Waals surface area contributed by atoms with E-state index in [1.54, 1.807) is 6.92 Å². The number of nitrogens with one attached hydrogen (secondary N) is 2. The lowest BCUT2D eigenvalue weighted by Crippen LogP contribution is -2.56. The van der Waals surface area contributed by atoms with Crippen molar-refractivity contribution in [2.75, 3.05) is 6.54 Å². The lowest BCUT2D eigenvalue weighted by atomic mass is 9.86. The molecule has 1 aromatic heterocycles. The number of carbonyl (C=O) groups excluding carboxylic acids is 3. The van der Waals surface area contributed by atoms with Gasteiger partial charge in [-0.3, -0.25) is 9.59 Å². The summed E-state index contributed by atoms with van der Waals surface area (Å²) in [6, 6.07) is 4.34. The molecular weight excluding hydrogens is 440 g/mol. The van der Waals surface area contributed by atoms with E-state index < -0.39 is 47.5 Å². The van der Waals surface area contributed by atoms with Crippen molar-refractivity contribution in [3.8, 4) is 0 Å². The maximum Gasteiger partial charge on any atom is 0.328 e. The fraction of sp³-hybridized carbons (Fsp3) is 0.500. The number of nitrogens with zero attached hydrogens (tertiary/aromatic N) is 2. The van der Waals surface area contributed by atoms with Gasteiger partial charge in [-0.05, 0) is 44.2 Å². The summed E-state index contributed by atoms with van der Waals surface area (Å²) in [6.45, 7) is 6.94. The van der Waals surface area contributed by atoms with Crippen molar-refractivity contribution < 1.29 is 29.4 Å². The monoisotopic (exact) mass is 470 g/mol. The van der Waals surface area contributed by atoms with E-state index in [1.165, 1.54) is 11.8 Å². The fourth-order valence-electron chi connectivity index (χ4n) is 5.11. The maximum absolute atomic E-state index is 13.9. The molecule has 0 unspecified atom stereocenters. The van der Waals surface area contributed by atoms with Gasteiger partial charge in [0, 0.05) is 17.4 Å². The topological polar surface area (TPSA) is 143 Å². The summed E-state index contributed by atoms with van der Waals surface area (Å²) in [5, 5.41) is 22.5. The normalized spacial score (nSPS) is 22.5. The second-order valence-electron chi connectivity index (χ2n) is 9.67. The smallest absolute Gasteiger partial charge is 0.328 e. The van der Waals surface area contributed by atoms with Gasteiger partial charge in [-0.2, -0.15) is 0 Å². The Kier molecular flexibility index (Phi) is 5.89. The molecule has 1 saturated heterocycles. The highest BCUT2D eigenvalue weighted by Crippen LogP contribution is 2.44. The van der Waals surface area contributed by atoms with E-state index in [2.05, 4.69) is 10.3 Å². The van der Waals surface area contributed by atoms with Crippen LogP contribution in [0.5, 0.6) is 0 Å². The average Bonchev–Trinajstić information content (AvgIpc) is 3.24. The second-order valence-corrected chi connectivity index (χ2v) is 9.67. The maximum atomic E-state index is 13.9. The van der Waals surface area contributed by atoms with E-state index in [0.717, 1.165) is 21.4 Å². The van der Waals surface area contributed by atoms with Crippen LogP contribution in [0.3, 0.4) is 0 Å². The van der Waals surface area contributed by atoms with E-state index >= 15 is 0 Å². The Morgan fingerprint density at radius 2 is 1.88 bits per heavy atom. The molecule has 2 aliphatic heterocycles. The average molecular weight is 471 g/mol. The first-order valence-electron chi connectivity index (χ1n) is 11.4. The number of urea groups is 1. The number of carboxylic acids is 1. The number of para-hydroxylation sites is 1. The minimum absolute atomic E-state index is 0.0692. The molecule has 2 aromatic rings. The Labute approximate surface area is 196 Å². The Morgan fingerprint density at radius 3 is 2.50 bits per heavy atom. The molecule has 4 N–H and O–H groups in total. The van der Waals surface area contributed by atoms with Gasteiger partial charge >= 0.3 is 12.0 Å². The minimum Gasteiger partial charge on any atom is -0.480 e. The van der Waals surface area contributed by atoms with Crippen molar-refractivity contribution in [2.24, 2.45) is 5.92 Å². The summed E-state index contributed by atoms with van der Waals surface area (Å²) >= 11 is 0. The molecule has 0 spiro atoms. The van der Waals surface area contributed by atoms with E-state index in [1.807, 2.05) is 38.1 Å². The third-order valence-electron chi connectivity index (χ3n) is 6.85. The molecule has 0 bridgehead atoms. The molecule has 4 atom stereocenters. The van der Waals surface area contributed by atoms with Crippen LogP contribution in [0.1, 0.15) is 45.4 Å². The molecule has 1 aromatic carbocycles. The number of imide groups is 1. The molecule has 182 valence electrons. The van der Waals surface area contributed by atoms with Crippen molar-refractivity contribution in [3.05, 3.63) is 35.5 Å². The largest absolute Gasteiger partial charge is 0.480 e. The number of amides is 4. The van der Waals surface area contributed by atoms with Crippen LogP contribution in [0.2, 0.25) is 0 Å². The van der Waals surface area contributed by atoms with Crippen LogP contribution in [0.15, 0.2) is 24.3 Å². The summed E-state index contributed by atoms with van der Waals surface area (Å²) in [6.07, 6.45) is -0.644. The Balaban J connectivity index is 1.74. The molecular formula is C24H30N4O6. The molecule has 34 heavy (non-hydrogen) atoms. The van der Waals surface area contributed by atoms with Gasteiger partial charge in [0.25, 0.3) is 5.91 Å². The van der Waals surface area contributed by atoms with Crippen molar-refractivity contribution in [3.63, 3.8) is 0 Å². The van der Waals surface area contributed by atoms with Crippen LogP contribution in [0.4, 0.5) is 4.79 Å². The van der Waals surface area contributed by atoms with Crippen LogP contribution >= 0.6 is 0 Å². The number of H-pyrrole nitrogens is 1. The Hall–Kier alpha value is -3.40. The summed E-state index contributed by atoms with van der Waals surface area (Å²) in [5.74, 6) is -2.79. The number of aliphatic carboxylic acids is 1. The first kappa shape index (κ1) is 23.7. The lowest BCUT2D eigenvalue weighted by Gasteiger charge is -2.36. The van der Waals surface area contributed by atoms with Crippen molar-refractivity contribution in [1.82, 2.24) is 20.1 Å². The molecule has 10 heteroatoms. The lowest BCUT2D eigenvalue weighted by molar-refractivity contribution is -0.146. The van der Waals surface area contributed by atoms with Gasteiger partial charge in [0.1, 0.15) is 6.04 Å². The van der Waals surface area contributed by atoms with E-state index in [9.17, 15) is 29.4 Å². The van der Waals surface area contributed by atoms with Crippen molar-refractivity contribution in [1.29, 1.82) is 0 Å². The number of hydrogen-bond donors (Lipinski definition) is 4. The Morgan fingerprint density at radius 1 is 1.21 bits per heavy atom. The second kappa shape index (κ2) is 8.43. The minimum atomic E-state index is -1.56. The zero-order chi connectivity index (χ0) is 24.9. The number of aliphatic hydroxyl groups is 1. The number of aromatic nitrogens is 1. The van der Waals surface area contributed by atoms with Gasteiger partial charge in [0.2, 0.25) is 5.91 Å². The molecule has 10 nitrogen and oxygen atoms in total. The number of aromatic amines is 1. The number of rotatable bonds is 7. The third kappa shape index (κ3) is 3.53. The van der Waals surface area contributed by atoms with Crippen molar-refractivity contribution in [2.45, 2.75) is 64.3 Å². The summed E-state index contributed by atoms with van der Waals surface area (Å²) < 4.78 is 0. The summed E-state index contributed by atoms with van der Waals surface area (Å²) in [4.78, 5) is 57.9. The summed E-state index contributed by atoms with van der Waals surface area (Å²) in [5.41, 5.74) is 1.17. The number of carbonyl (C=O) groups is 4. The molecule has 3 heterocycles. The predicted octanol–water partition coefficient (Wildman–Crippen LogP) is 1.57. The molecule has 4 rings (SSSR count). The number of carboxylic acid groups (broad SMARTS) is 1. The van der Waals surface area contributed by atoms with Gasteiger partial charge in [0.15, 0.2) is 11.6 Å². The number of hydrogen-bond acceptors (Lipinski definition) is 5.